The average Bonchev–Trinajstić information content (AvgIpc) is 2.68. The maximum atomic E-state index is 7.11. The lowest BCUT2D eigenvalue weighted by Crippen LogP contribution is -2.09. The summed E-state index contributed by atoms with van der Waals surface area (Å²) in [6, 6.07) is 5.82. The third-order valence-corrected chi connectivity index (χ3v) is 3.13. The van der Waals surface area contributed by atoms with E-state index < -0.39 is 0 Å². The number of nitrogens with zero attached hydrogens (tertiary/aromatic N) is 3. The van der Waals surface area contributed by atoms with Crippen molar-refractivity contribution in [1.82, 2.24) is 14.6 Å². The molecule has 0 unspecified atom stereocenters. The summed E-state index contributed by atoms with van der Waals surface area (Å²) >= 11 is 1.64. The number of hydrogen-bond acceptors (Lipinski definition) is 4. The summed E-state index contributed by atoms with van der Waals surface area (Å²) in [6.45, 7) is 0. The van der Waals surface area contributed by atoms with E-state index in [4.69, 9.17) is 11.1 Å². The fourth-order valence-electron chi connectivity index (χ4n) is 1.34. The first-order chi connectivity index (χ1) is 7.77. The quantitative estimate of drug-likeness (QED) is 0.356. The van der Waals surface area contributed by atoms with Gasteiger partial charge in [-0.1, -0.05) is 17.8 Å². The second kappa shape index (κ2) is 4.98. The van der Waals surface area contributed by atoms with Gasteiger partial charge in [0.25, 0.3) is 0 Å². The van der Waals surface area contributed by atoms with Gasteiger partial charge < -0.3 is 5.73 Å². The van der Waals surface area contributed by atoms with E-state index in [1.54, 1.807) is 11.8 Å². The van der Waals surface area contributed by atoms with Gasteiger partial charge in [0, 0.05) is 18.4 Å². The minimum atomic E-state index is 0.242. The lowest BCUT2D eigenvalue weighted by molar-refractivity contribution is 0.912. The molecule has 0 atom stereocenters. The number of nitrogens with one attached hydrogen (secondary N) is 1. The number of rotatable bonds is 5. The first-order valence-corrected chi connectivity index (χ1v) is 6.01. The Morgan fingerprint density at radius 2 is 2.31 bits per heavy atom. The smallest absolute Gasteiger partial charge is 0.195 e. The number of pyridine rings is 1. The Morgan fingerprint density at radius 1 is 1.44 bits per heavy atom. The van der Waals surface area contributed by atoms with Gasteiger partial charge in [0.05, 0.1) is 5.84 Å². The van der Waals surface area contributed by atoms with Crippen molar-refractivity contribution in [3.63, 3.8) is 0 Å². The van der Waals surface area contributed by atoms with E-state index in [1.165, 1.54) is 0 Å². The van der Waals surface area contributed by atoms with Crippen LogP contribution in [0.5, 0.6) is 0 Å². The highest BCUT2D eigenvalue weighted by Crippen LogP contribution is 2.17. The summed E-state index contributed by atoms with van der Waals surface area (Å²) < 4.78 is 1.96. The van der Waals surface area contributed by atoms with Gasteiger partial charge in [-0.05, 0) is 18.6 Å². The molecule has 3 N–H and O–H groups in total. The van der Waals surface area contributed by atoms with Crippen LogP contribution in [0.2, 0.25) is 0 Å². The van der Waals surface area contributed by atoms with Gasteiger partial charge in [0.15, 0.2) is 10.8 Å². The number of thioether (sulfide) groups is 1. The molecule has 0 fully saturated rings. The molecule has 0 amide bonds. The molecule has 0 radical (unpaired) electrons. The van der Waals surface area contributed by atoms with Gasteiger partial charge >= 0.3 is 0 Å². The number of aromatic nitrogens is 3. The highest BCUT2D eigenvalue weighted by atomic mass is 32.2. The van der Waals surface area contributed by atoms with Crippen LogP contribution in [-0.2, 0) is 0 Å². The SMILES string of the molecule is N=C(N)CCCSc1nnc2ccccn12. The summed E-state index contributed by atoms with van der Waals surface area (Å²) in [6.07, 6.45) is 3.48. The lowest BCUT2D eigenvalue weighted by atomic mass is 10.3. The van der Waals surface area contributed by atoms with Crippen molar-refractivity contribution in [2.24, 2.45) is 5.73 Å². The molecule has 16 heavy (non-hydrogen) atoms. The maximum absolute atomic E-state index is 7.11. The topological polar surface area (TPSA) is 80.1 Å². The highest BCUT2D eigenvalue weighted by molar-refractivity contribution is 7.99. The highest BCUT2D eigenvalue weighted by Gasteiger charge is 2.04. The van der Waals surface area contributed by atoms with Gasteiger partial charge in [0.1, 0.15) is 0 Å². The zero-order valence-electron chi connectivity index (χ0n) is 8.76. The van der Waals surface area contributed by atoms with Crippen LogP contribution in [0.15, 0.2) is 29.6 Å². The van der Waals surface area contributed by atoms with E-state index in [0.717, 1.165) is 23.0 Å². The molecule has 0 spiro atoms. The van der Waals surface area contributed by atoms with Crippen LogP contribution in [0, 0.1) is 5.41 Å². The van der Waals surface area contributed by atoms with Gasteiger partial charge in [-0.3, -0.25) is 9.81 Å². The van der Waals surface area contributed by atoms with Crippen molar-refractivity contribution in [3.05, 3.63) is 24.4 Å². The first-order valence-electron chi connectivity index (χ1n) is 5.03. The van der Waals surface area contributed by atoms with Crippen molar-refractivity contribution < 1.29 is 0 Å². The molecular formula is C10H13N5S. The van der Waals surface area contributed by atoms with Crippen molar-refractivity contribution in [2.45, 2.75) is 18.0 Å². The van der Waals surface area contributed by atoms with Gasteiger partial charge in [-0.2, -0.15) is 0 Å². The molecule has 0 aliphatic carbocycles. The van der Waals surface area contributed by atoms with Crippen molar-refractivity contribution in [3.8, 4) is 0 Å². The fraction of sp³-hybridized carbons (Fsp3) is 0.300. The lowest BCUT2D eigenvalue weighted by Gasteiger charge is -1.99. The zero-order chi connectivity index (χ0) is 11.4. The molecule has 2 aromatic heterocycles. The van der Waals surface area contributed by atoms with Crippen molar-refractivity contribution >= 4 is 23.2 Å². The first kappa shape index (κ1) is 10.9. The van der Waals surface area contributed by atoms with E-state index in [9.17, 15) is 0 Å². The van der Waals surface area contributed by atoms with Gasteiger partial charge in [-0.25, -0.2) is 0 Å². The van der Waals surface area contributed by atoms with E-state index in [0.29, 0.717) is 6.42 Å². The van der Waals surface area contributed by atoms with E-state index in [1.807, 2.05) is 28.8 Å². The summed E-state index contributed by atoms with van der Waals surface area (Å²) in [5.74, 6) is 1.14. The minimum Gasteiger partial charge on any atom is -0.388 e. The predicted molar refractivity (Wildman–Crippen MR) is 64.9 cm³/mol. The number of amidine groups is 1. The van der Waals surface area contributed by atoms with Crippen LogP contribution < -0.4 is 5.73 Å². The molecule has 2 heterocycles. The summed E-state index contributed by atoms with van der Waals surface area (Å²) in [5.41, 5.74) is 6.14. The van der Waals surface area contributed by atoms with Crippen LogP contribution in [0.3, 0.4) is 0 Å². The molecule has 2 rings (SSSR count). The Hall–Kier alpha value is -1.56. The molecule has 6 heteroatoms. The molecular weight excluding hydrogens is 222 g/mol. The normalized spacial score (nSPS) is 10.8. The Balaban J connectivity index is 1.97. The molecule has 0 bridgehead atoms. The maximum Gasteiger partial charge on any atom is 0.195 e. The van der Waals surface area contributed by atoms with E-state index in [2.05, 4.69) is 10.2 Å². The van der Waals surface area contributed by atoms with Crippen LogP contribution in [0.4, 0.5) is 0 Å². The Morgan fingerprint density at radius 3 is 3.12 bits per heavy atom. The van der Waals surface area contributed by atoms with Crippen molar-refractivity contribution in [1.29, 1.82) is 5.41 Å². The van der Waals surface area contributed by atoms with E-state index >= 15 is 0 Å². The largest absolute Gasteiger partial charge is 0.388 e. The zero-order valence-corrected chi connectivity index (χ0v) is 9.57. The Bertz CT molecular complexity index is 493. The number of nitrogens with two attached hydrogens (primary N) is 1. The van der Waals surface area contributed by atoms with Crippen LogP contribution in [-0.4, -0.2) is 26.2 Å². The molecule has 5 nitrogen and oxygen atoms in total. The molecule has 0 aliphatic heterocycles. The Labute approximate surface area is 97.6 Å². The molecule has 0 aromatic carbocycles. The van der Waals surface area contributed by atoms with Crippen LogP contribution in [0.25, 0.3) is 5.65 Å². The molecule has 84 valence electrons. The average molecular weight is 235 g/mol. The fourth-order valence-corrected chi connectivity index (χ4v) is 2.21. The van der Waals surface area contributed by atoms with Crippen LogP contribution >= 0.6 is 11.8 Å². The summed E-state index contributed by atoms with van der Waals surface area (Å²) in [5, 5.41) is 16.2. The van der Waals surface area contributed by atoms with E-state index in [-0.39, 0.29) is 5.84 Å². The van der Waals surface area contributed by atoms with Gasteiger partial charge in [-0.15, -0.1) is 10.2 Å². The monoisotopic (exact) mass is 235 g/mol. The number of fused-ring (bicyclic) bond motifs is 1. The molecule has 0 aliphatic rings. The predicted octanol–water partition coefficient (Wildman–Crippen LogP) is 1.54. The third kappa shape index (κ3) is 2.52. The van der Waals surface area contributed by atoms with Gasteiger partial charge in [0.2, 0.25) is 0 Å². The molecule has 0 saturated heterocycles. The van der Waals surface area contributed by atoms with Crippen LogP contribution in [0.1, 0.15) is 12.8 Å². The second-order valence-corrected chi connectivity index (χ2v) is 4.45. The Kier molecular flexibility index (Phi) is 3.40. The standard InChI is InChI=1S/C10H13N5S/c11-8(12)4-3-7-16-10-14-13-9-5-1-2-6-15(9)10/h1-2,5-6H,3-4,7H2,(H3,11,12). The third-order valence-electron chi connectivity index (χ3n) is 2.10. The van der Waals surface area contributed by atoms with Crippen molar-refractivity contribution in [2.75, 3.05) is 5.75 Å². The molecule has 2 aromatic rings. The second-order valence-electron chi connectivity index (χ2n) is 3.39. The number of hydrogen-bond donors (Lipinski definition) is 2. The molecule has 0 saturated carbocycles. The summed E-state index contributed by atoms with van der Waals surface area (Å²) in [7, 11) is 0. The summed E-state index contributed by atoms with van der Waals surface area (Å²) in [4.78, 5) is 0. The minimum absolute atomic E-state index is 0.242.